The van der Waals surface area contributed by atoms with Gasteiger partial charge < -0.3 is 14.2 Å². The van der Waals surface area contributed by atoms with Gasteiger partial charge in [0.1, 0.15) is 17.4 Å². The van der Waals surface area contributed by atoms with Crippen LogP contribution in [0.2, 0.25) is 0 Å². The molecular weight excluding hydrogens is 326 g/mol. The Morgan fingerprint density at radius 3 is 2.25 bits per heavy atom. The Hall–Kier alpha value is -2.78. The molecule has 0 aliphatic heterocycles. The fraction of sp³-hybridized carbons (Fsp3) is 0.222. The molecule has 124 valence electrons. The number of hydrogen-bond donors (Lipinski definition) is 0. The molecule has 0 bridgehead atoms. The highest BCUT2D eigenvalue weighted by atomic mass is 32.1. The predicted molar refractivity (Wildman–Crippen MR) is 93.1 cm³/mol. The molecule has 0 saturated carbocycles. The molecule has 6 heteroatoms. The standard InChI is InChI=1S/C18H17NO4S/c1-11-5-6-24-18(11)17(20)13(10-19)7-12-8-15(22-3)16(23-4)9-14(12)21-2/h5-9H,1-4H3. The summed E-state index contributed by atoms with van der Waals surface area (Å²) in [5, 5.41) is 11.2. The topological polar surface area (TPSA) is 68.6 Å². The van der Waals surface area contributed by atoms with Crippen molar-refractivity contribution >= 4 is 23.2 Å². The molecular formula is C18H17NO4S. The van der Waals surface area contributed by atoms with Gasteiger partial charge in [-0.05, 0) is 36.1 Å². The number of nitrogens with zero attached hydrogens (tertiary/aromatic N) is 1. The average molecular weight is 343 g/mol. The van der Waals surface area contributed by atoms with E-state index in [0.717, 1.165) is 5.56 Å². The van der Waals surface area contributed by atoms with Gasteiger partial charge in [0.2, 0.25) is 5.78 Å². The smallest absolute Gasteiger partial charge is 0.213 e. The number of thiophene rings is 1. The van der Waals surface area contributed by atoms with Crippen LogP contribution in [0, 0.1) is 18.3 Å². The van der Waals surface area contributed by atoms with E-state index in [1.165, 1.54) is 38.7 Å². The molecule has 0 atom stereocenters. The van der Waals surface area contributed by atoms with Gasteiger partial charge >= 0.3 is 0 Å². The molecule has 0 saturated heterocycles. The van der Waals surface area contributed by atoms with E-state index in [0.29, 0.717) is 27.7 Å². The van der Waals surface area contributed by atoms with Crippen molar-refractivity contribution in [3.05, 3.63) is 45.2 Å². The van der Waals surface area contributed by atoms with Crippen LogP contribution in [0.25, 0.3) is 6.08 Å². The van der Waals surface area contributed by atoms with Crippen molar-refractivity contribution in [3.63, 3.8) is 0 Å². The summed E-state index contributed by atoms with van der Waals surface area (Å²) in [4.78, 5) is 13.1. The monoisotopic (exact) mass is 343 g/mol. The number of allylic oxidation sites excluding steroid dienone is 1. The quantitative estimate of drug-likeness (QED) is 0.452. The highest BCUT2D eigenvalue weighted by Crippen LogP contribution is 2.36. The van der Waals surface area contributed by atoms with E-state index in [2.05, 4.69) is 0 Å². The zero-order valence-corrected chi connectivity index (χ0v) is 14.7. The molecule has 2 rings (SSSR count). The minimum Gasteiger partial charge on any atom is -0.496 e. The summed E-state index contributed by atoms with van der Waals surface area (Å²) in [6.45, 7) is 1.84. The third-order valence-corrected chi connectivity index (χ3v) is 4.48. The number of ketones is 1. The second kappa shape index (κ2) is 7.66. The lowest BCUT2D eigenvalue weighted by Gasteiger charge is -2.12. The lowest BCUT2D eigenvalue weighted by molar-refractivity contribution is 0.104. The Morgan fingerprint density at radius 1 is 1.12 bits per heavy atom. The highest BCUT2D eigenvalue weighted by Gasteiger charge is 2.18. The summed E-state index contributed by atoms with van der Waals surface area (Å²) in [5.41, 5.74) is 1.45. The first-order valence-electron chi connectivity index (χ1n) is 7.06. The second-order valence-electron chi connectivity index (χ2n) is 4.88. The Labute approximate surface area is 144 Å². The number of Topliss-reactive ketones (excluding diaryl/α,β-unsaturated/α-hetero) is 1. The van der Waals surface area contributed by atoms with Crippen LogP contribution in [0.1, 0.15) is 20.8 Å². The molecule has 0 aliphatic carbocycles. The molecule has 1 heterocycles. The van der Waals surface area contributed by atoms with Crippen LogP contribution in [-0.2, 0) is 0 Å². The van der Waals surface area contributed by atoms with Crippen molar-refractivity contribution in [1.82, 2.24) is 0 Å². The highest BCUT2D eigenvalue weighted by molar-refractivity contribution is 7.12. The molecule has 24 heavy (non-hydrogen) atoms. The Morgan fingerprint density at radius 2 is 1.75 bits per heavy atom. The molecule has 0 N–H and O–H groups in total. The number of carbonyl (C=O) groups excluding carboxylic acids is 1. The number of hydrogen-bond acceptors (Lipinski definition) is 6. The largest absolute Gasteiger partial charge is 0.496 e. The van der Waals surface area contributed by atoms with Crippen LogP contribution in [0.15, 0.2) is 29.2 Å². The van der Waals surface area contributed by atoms with Crippen LogP contribution in [0.5, 0.6) is 17.2 Å². The summed E-state index contributed by atoms with van der Waals surface area (Å²) in [6.07, 6.45) is 1.50. The SMILES string of the molecule is COc1cc(OC)c(OC)cc1C=C(C#N)C(=O)c1sccc1C. The van der Waals surface area contributed by atoms with Gasteiger partial charge in [0.05, 0.1) is 26.2 Å². The van der Waals surface area contributed by atoms with Gasteiger partial charge in [-0.25, -0.2) is 0 Å². The van der Waals surface area contributed by atoms with Crippen LogP contribution in [-0.4, -0.2) is 27.1 Å². The minimum atomic E-state index is -0.304. The number of ether oxygens (including phenoxy) is 3. The summed E-state index contributed by atoms with van der Waals surface area (Å²) >= 11 is 1.32. The maximum Gasteiger partial charge on any atom is 0.213 e. The molecule has 0 unspecified atom stereocenters. The Bertz CT molecular complexity index is 830. The van der Waals surface area contributed by atoms with E-state index in [1.807, 2.05) is 24.4 Å². The van der Waals surface area contributed by atoms with Gasteiger partial charge in [0, 0.05) is 11.6 Å². The zero-order valence-electron chi connectivity index (χ0n) is 13.9. The molecule has 2 aromatic rings. The Kier molecular flexibility index (Phi) is 5.61. The van der Waals surface area contributed by atoms with Crippen LogP contribution >= 0.6 is 11.3 Å². The van der Waals surface area contributed by atoms with E-state index in [4.69, 9.17) is 14.2 Å². The average Bonchev–Trinajstić information content (AvgIpc) is 3.04. The maximum absolute atomic E-state index is 12.6. The molecule has 0 radical (unpaired) electrons. The van der Waals surface area contributed by atoms with Crippen molar-refractivity contribution in [2.24, 2.45) is 0 Å². The third kappa shape index (κ3) is 3.42. The van der Waals surface area contributed by atoms with Crippen LogP contribution in [0.3, 0.4) is 0 Å². The first kappa shape index (κ1) is 17.6. The van der Waals surface area contributed by atoms with Crippen molar-refractivity contribution in [2.75, 3.05) is 21.3 Å². The number of methoxy groups -OCH3 is 3. The Balaban J connectivity index is 2.53. The van der Waals surface area contributed by atoms with Gasteiger partial charge in [-0.3, -0.25) is 4.79 Å². The van der Waals surface area contributed by atoms with Crippen molar-refractivity contribution in [2.45, 2.75) is 6.92 Å². The molecule has 1 aromatic heterocycles. The van der Waals surface area contributed by atoms with Gasteiger partial charge in [-0.2, -0.15) is 5.26 Å². The molecule has 1 aromatic carbocycles. The van der Waals surface area contributed by atoms with Gasteiger partial charge in [-0.15, -0.1) is 11.3 Å². The van der Waals surface area contributed by atoms with Gasteiger partial charge in [-0.1, -0.05) is 0 Å². The van der Waals surface area contributed by atoms with E-state index >= 15 is 0 Å². The fourth-order valence-corrected chi connectivity index (χ4v) is 3.08. The molecule has 0 amide bonds. The number of carbonyl (C=O) groups is 1. The van der Waals surface area contributed by atoms with Gasteiger partial charge in [0.25, 0.3) is 0 Å². The zero-order chi connectivity index (χ0) is 17.7. The van der Waals surface area contributed by atoms with Gasteiger partial charge in [0.15, 0.2) is 11.5 Å². The summed E-state index contributed by atoms with van der Waals surface area (Å²) in [5.74, 6) is 1.17. The number of benzene rings is 1. The number of rotatable bonds is 6. The van der Waals surface area contributed by atoms with Crippen molar-refractivity contribution in [3.8, 4) is 23.3 Å². The number of aryl methyl sites for hydroxylation is 1. The summed E-state index contributed by atoms with van der Waals surface area (Å²) < 4.78 is 15.8. The van der Waals surface area contributed by atoms with Crippen LogP contribution < -0.4 is 14.2 Å². The van der Waals surface area contributed by atoms with E-state index < -0.39 is 0 Å². The van der Waals surface area contributed by atoms with Crippen molar-refractivity contribution in [1.29, 1.82) is 5.26 Å². The molecule has 0 aliphatic rings. The third-order valence-electron chi connectivity index (χ3n) is 3.47. The van der Waals surface area contributed by atoms with E-state index in [-0.39, 0.29) is 11.4 Å². The predicted octanol–water partition coefficient (Wildman–Crippen LogP) is 3.87. The van der Waals surface area contributed by atoms with Crippen LogP contribution in [0.4, 0.5) is 0 Å². The summed E-state index contributed by atoms with van der Waals surface area (Å²) in [7, 11) is 4.55. The van der Waals surface area contributed by atoms with E-state index in [1.54, 1.807) is 12.1 Å². The summed E-state index contributed by atoms with van der Waals surface area (Å²) in [6, 6.07) is 7.15. The number of nitriles is 1. The molecule has 0 fully saturated rings. The van der Waals surface area contributed by atoms with E-state index in [9.17, 15) is 10.1 Å². The normalized spacial score (nSPS) is 10.9. The molecule has 5 nitrogen and oxygen atoms in total. The first-order valence-corrected chi connectivity index (χ1v) is 7.94. The van der Waals surface area contributed by atoms with Crippen molar-refractivity contribution < 1.29 is 19.0 Å². The fourth-order valence-electron chi connectivity index (χ4n) is 2.20. The molecule has 0 spiro atoms. The lowest BCUT2D eigenvalue weighted by atomic mass is 10.0. The minimum absolute atomic E-state index is 0.0334. The maximum atomic E-state index is 12.6. The first-order chi connectivity index (χ1) is 11.5. The second-order valence-corrected chi connectivity index (χ2v) is 5.80. The lowest BCUT2D eigenvalue weighted by Crippen LogP contribution is -2.02.